The van der Waals surface area contributed by atoms with Gasteiger partial charge in [0.15, 0.2) is 0 Å². The lowest BCUT2D eigenvalue weighted by Gasteiger charge is -2.13. The highest BCUT2D eigenvalue weighted by atomic mass is 79.9. The highest BCUT2D eigenvalue weighted by Crippen LogP contribution is 2.52. The minimum Gasteiger partial charge on any atom is -0.507 e. The number of benzene rings is 1. The third kappa shape index (κ3) is 2.03. The summed E-state index contributed by atoms with van der Waals surface area (Å²) in [6.07, 6.45) is 6.17. The lowest BCUT2D eigenvalue weighted by atomic mass is 9.85. The van der Waals surface area contributed by atoms with Gasteiger partial charge in [-0.3, -0.25) is 9.59 Å². The molecule has 6 nitrogen and oxygen atoms in total. The Balaban J connectivity index is 1.62. The Kier molecular flexibility index (Phi) is 3.09. The maximum absolute atomic E-state index is 12.5. The van der Waals surface area contributed by atoms with Crippen molar-refractivity contribution >= 4 is 34.0 Å². The van der Waals surface area contributed by atoms with E-state index in [1.54, 1.807) is 0 Å². The molecule has 0 unspecified atom stereocenters. The summed E-state index contributed by atoms with van der Waals surface area (Å²) in [5.74, 6) is -1.16. The van der Waals surface area contributed by atoms with Crippen LogP contribution in [0.15, 0.2) is 33.9 Å². The highest BCUT2D eigenvalue weighted by Gasteiger charge is 2.59. The molecule has 1 aliphatic heterocycles. The summed E-state index contributed by atoms with van der Waals surface area (Å²) >= 11 is 3.14. The van der Waals surface area contributed by atoms with Crippen molar-refractivity contribution in [3.8, 4) is 11.5 Å². The van der Waals surface area contributed by atoms with Crippen LogP contribution in [0, 0.1) is 23.7 Å². The van der Waals surface area contributed by atoms with Gasteiger partial charge in [-0.15, -0.1) is 0 Å². The Labute approximate surface area is 140 Å². The van der Waals surface area contributed by atoms with Crippen molar-refractivity contribution in [1.29, 1.82) is 0 Å². The molecule has 23 heavy (non-hydrogen) atoms. The SMILES string of the molecule is O=C1[C@@H]2[C@H](C(=O)N1/N=C/c1cc(Br)c(O)cc1O)[C@@H]1C=C[C@@H]2C1. The van der Waals surface area contributed by atoms with Crippen LogP contribution in [0.3, 0.4) is 0 Å². The molecule has 0 aromatic heterocycles. The van der Waals surface area contributed by atoms with Crippen molar-refractivity contribution in [3.05, 3.63) is 34.3 Å². The second-order valence-electron chi connectivity index (χ2n) is 6.10. The number of halogens is 1. The zero-order valence-corrected chi connectivity index (χ0v) is 13.5. The van der Waals surface area contributed by atoms with Crippen molar-refractivity contribution in [3.63, 3.8) is 0 Å². The van der Waals surface area contributed by atoms with Crippen LogP contribution in [-0.4, -0.2) is 33.3 Å². The first-order valence-electron chi connectivity index (χ1n) is 7.29. The number of imide groups is 1. The Morgan fingerprint density at radius 3 is 2.30 bits per heavy atom. The fourth-order valence-corrected chi connectivity index (χ4v) is 4.15. The predicted octanol–water partition coefficient (Wildman–Crippen LogP) is 2.00. The van der Waals surface area contributed by atoms with Crippen molar-refractivity contribution in [2.24, 2.45) is 28.8 Å². The number of rotatable bonds is 2. The number of carbonyl (C=O) groups excluding carboxylic acids is 2. The number of phenolic OH excluding ortho intramolecular Hbond substituents is 2. The van der Waals surface area contributed by atoms with E-state index in [1.807, 2.05) is 12.2 Å². The number of phenols is 2. The number of nitrogens with zero attached hydrogens (tertiary/aromatic N) is 2. The van der Waals surface area contributed by atoms with Crippen LogP contribution < -0.4 is 0 Å². The van der Waals surface area contributed by atoms with E-state index in [4.69, 9.17) is 0 Å². The fourth-order valence-electron chi connectivity index (χ4n) is 3.79. The molecule has 2 N–H and O–H groups in total. The molecular formula is C16H13BrN2O4. The van der Waals surface area contributed by atoms with E-state index >= 15 is 0 Å². The number of hydrogen-bond donors (Lipinski definition) is 2. The molecule has 118 valence electrons. The molecule has 2 amide bonds. The Morgan fingerprint density at radius 2 is 1.70 bits per heavy atom. The molecule has 2 aliphatic carbocycles. The largest absolute Gasteiger partial charge is 0.507 e. The highest BCUT2D eigenvalue weighted by molar-refractivity contribution is 9.10. The van der Waals surface area contributed by atoms with Crippen molar-refractivity contribution in [2.45, 2.75) is 6.42 Å². The van der Waals surface area contributed by atoms with Crippen LogP contribution >= 0.6 is 15.9 Å². The number of carbonyl (C=O) groups is 2. The molecule has 0 radical (unpaired) electrons. The van der Waals surface area contributed by atoms with Gasteiger partial charge in [-0.25, -0.2) is 0 Å². The lowest BCUT2D eigenvalue weighted by molar-refractivity contribution is -0.140. The van der Waals surface area contributed by atoms with Crippen molar-refractivity contribution in [1.82, 2.24) is 5.01 Å². The van der Waals surface area contributed by atoms with E-state index in [9.17, 15) is 19.8 Å². The summed E-state index contributed by atoms with van der Waals surface area (Å²) in [5, 5.41) is 24.2. The average Bonchev–Trinajstić information content (AvgIpc) is 3.17. The van der Waals surface area contributed by atoms with Gasteiger partial charge in [-0.2, -0.15) is 10.1 Å². The molecule has 1 saturated heterocycles. The molecule has 0 spiro atoms. The molecule has 4 rings (SSSR count). The minimum absolute atomic E-state index is 0.106. The van der Waals surface area contributed by atoms with Gasteiger partial charge in [0.2, 0.25) is 0 Å². The first-order chi connectivity index (χ1) is 11.0. The Bertz CT molecular complexity index is 759. The Hall–Kier alpha value is -2.15. The van der Waals surface area contributed by atoms with Gasteiger partial charge >= 0.3 is 0 Å². The molecule has 4 atom stereocenters. The van der Waals surface area contributed by atoms with Crippen molar-refractivity contribution in [2.75, 3.05) is 0 Å². The number of amides is 2. The fraction of sp³-hybridized carbons (Fsp3) is 0.312. The molecule has 3 aliphatic rings. The maximum Gasteiger partial charge on any atom is 0.254 e. The van der Waals surface area contributed by atoms with E-state index in [1.165, 1.54) is 12.3 Å². The zero-order chi connectivity index (χ0) is 16.3. The van der Waals surface area contributed by atoms with Crippen LogP contribution in [0.4, 0.5) is 0 Å². The van der Waals surface area contributed by atoms with Gasteiger partial charge < -0.3 is 10.2 Å². The van der Waals surface area contributed by atoms with Crippen LogP contribution in [0.1, 0.15) is 12.0 Å². The molecule has 7 heteroatoms. The van der Waals surface area contributed by atoms with E-state index in [2.05, 4.69) is 21.0 Å². The lowest BCUT2D eigenvalue weighted by Crippen LogP contribution is -2.28. The van der Waals surface area contributed by atoms with Crippen LogP contribution in [0.5, 0.6) is 11.5 Å². The smallest absolute Gasteiger partial charge is 0.254 e. The Morgan fingerprint density at radius 1 is 1.09 bits per heavy atom. The molecule has 1 heterocycles. The van der Waals surface area contributed by atoms with Crippen molar-refractivity contribution < 1.29 is 19.8 Å². The third-order valence-electron chi connectivity index (χ3n) is 4.86. The molecule has 1 aromatic carbocycles. The number of fused-ring (bicyclic) bond motifs is 5. The third-order valence-corrected chi connectivity index (χ3v) is 5.49. The summed E-state index contributed by atoms with van der Waals surface area (Å²) in [6.45, 7) is 0. The molecular weight excluding hydrogens is 364 g/mol. The van der Waals surface area contributed by atoms with Crippen LogP contribution in [-0.2, 0) is 9.59 Å². The summed E-state index contributed by atoms with van der Waals surface area (Å²) < 4.78 is 0.384. The topological polar surface area (TPSA) is 90.2 Å². The van der Waals surface area contributed by atoms with Crippen LogP contribution in [0.25, 0.3) is 0 Å². The first kappa shape index (κ1) is 14.4. The summed E-state index contributed by atoms with van der Waals surface area (Å²) in [7, 11) is 0. The van der Waals surface area contributed by atoms with Crippen LogP contribution in [0.2, 0.25) is 0 Å². The second-order valence-corrected chi connectivity index (χ2v) is 6.95. The average molecular weight is 377 g/mol. The van der Waals surface area contributed by atoms with Gasteiger partial charge in [0.25, 0.3) is 11.8 Å². The van der Waals surface area contributed by atoms with Gasteiger partial charge in [-0.05, 0) is 40.3 Å². The van der Waals surface area contributed by atoms with Gasteiger partial charge in [0, 0.05) is 11.6 Å². The zero-order valence-electron chi connectivity index (χ0n) is 11.9. The predicted molar refractivity (Wildman–Crippen MR) is 84.6 cm³/mol. The molecule has 1 saturated carbocycles. The molecule has 2 bridgehead atoms. The normalized spacial score (nSPS) is 31.6. The first-order valence-corrected chi connectivity index (χ1v) is 8.08. The summed E-state index contributed by atoms with van der Waals surface area (Å²) in [4.78, 5) is 24.9. The van der Waals surface area contributed by atoms with Gasteiger partial charge in [-0.1, -0.05) is 12.2 Å². The van der Waals surface area contributed by atoms with E-state index < -0.39 is 0 Å². The number of hydrazone groups is 1. The van der Waals surface area contributed by atoms with E-state index in [-0.39, 0.29) is 47.0 Å². The minimum atomic E-state index is -0.296. The van der Waals surface area contributed by atoms with E-state index in [0.29, 0.717) is 10.0 Å². The number of hydrogen-bond acceptors (Lipinski definition) is 5. The van der Waals surface area contributed by atoms with Gasteiger partial charge in [0.1, 0.15) is 11.5 Å². The quantitative estimate of drug-likeness (QED) is 0.469. The van der Waals surface area contributed by atoms with Gasteiger partial charge in [0.05, 0.1) is 22.5 Å². The molecule has 2 fully saturated rings. The summed E-state index contributed by atoms with van der Waals surface area (Å²) in [6, 6.07) is 2.63. The summed E-state index contributed by atoms with van der Waals surface area (Å²) in [5.41, 5.74) is 0.299. The monoisotopic (exact) mass is 376 g/mol. The molecule has 1 aromatic rings. The van der Waals surface area contributed by atoms with E-state index in [0.717, 1.165) is 17.5 Å². The maximum atomic E-state index is 12.5. The number of aromatic hydroxyl groups is 2. The second kappa shape index (κ2) is 4.92. The number of allylic oxidation sites excluding steroid dienone is 2. The standard InChI is InChI=1S/C16H13BrN2O4/c17-10-4-9(11(20)5-12(10)21)6-18-19-15(22)13-7-1-2-8(3-7)14(13)16(19)23/h1-2,4-8,13-14,20-21H,3H2/b18-6+/t7-,8-,13-,14+/m1/s1.